The molecule has 0 saturated heterocycles. The van der Waals surface area contributed by atoms with Crippen molar-refractivity contribution >= 4 is 28.8 Å². The Labute approximate surface area is 157 Å². The third-order valence-electron chi connectivity index (χ3n) is 3.73. The number of benzene rings is 2. The van der Waals surface area contributed by atoms with Crippen molar-refractivity contribution in [1.82, 2.24) is 9.97 Å². The van der Waals surface area contributed by atoms with Gasteiger partial charge in [0.25, 0.3) is 0 Å². The number of carbonyl (C=O) groups excluding carboxylic acids is 1. The lowest BCUT2D eigenvalue weighted by molar-refractivity contribution is -0.114. The van der Waals surface area contributed by atoms with E-state index >= 15 is 0 Å². The summed E-state index contributed by atoms with van der Waals surface area (Å²) in [5.74, 6) is 1.27. The minimum Gasteiger partial charge on any atom is -0.437 e. The Morgan fingerprint density at radius 3 is 2.26 bits per heavy atom. The van der Waals surface area contributed by atoms with E-state index in [1.54, 1.807) is 12.1 Å². The molecule has 0 atom stereocenters. The number of rotatable bonds is 5. The van der Waals surface area contributed by atoms with Crippen LogP contribution in [0.2, 0.25) is 0 Å². The van der Waals surface area contributed by atoms with Crippen LogP contribution in [0.5, 0.6) is 11.6 Å². The van der Waals surface area contributed by atoms with Crippen molar-refractivity contribution in [2.45, 2.75) is 20.8 Å². The maximum Gasteiger partial charge on any atom is 0.248 e. The van der Waals surface area contributed by atoms with Gasteiger partial charge < -0.3 is 21.1 Å². The first-order chi connectivity index (χ1) is 12.9. The molecular weight excluding hydrogens is 342 g/mol. The molecule has 1 aromatic heterocycles. The average molecular weight is 363 g/mol. The minimum atomic E-state index is -0.121. The quantitative estimate of drug-likeness (QED) is 0.629. The Kier molecular flexibility index (Phi) is 5.21. The van der Waals surface area contributed by atoms with Crippen molar-refractivity contribution in [1.29, 1.82) is 0 Å². The molecule has 0 aliphatic rings. The number of nitrogens with zero attached hydrogens (tertiary/aromatic N) is 2. The van der Waals surface area contributed by atoms with Crippen molar-refractivity contribution in [3.63, 3.8) is 0 Å². The zero-order valence-corrected chi connectivity index (χ0v) is 15.4. The van der Waals surface area contributed by atoms with E-state index in [1.807, 2.05) is 38.1 Å². The number of hydrogen-bond acceptors (Lipinski definition) is 6. The summed E-state index contributed by atoms with van der Waals surface area (Å²) in [4.78, 5) is 19.4. The molecular formula is C20H21N5O2. The number of nitrogens with two attached hydrogens (primary N) is 1. The van der Waals surface area contributed by atoms with Crippen molar-refractivity contribution < 1.29 is 9.53 Å². The Hall–Kier alpha value is -3.61. The molecule has 27 heavy (non-hydrogen) atoms. The maximum atomic E-state index is 11.1. The van der Waals surface area contributed by atoms with E-state index < -0.39 is 0 Å². The number of nitrogen functional groups attached to an aromatic ring is 1. The maximum absolute atomic E-state index is 11.1. The standard InChI is InChI=1S/C20H21N5O2/c1-12-8-13(2)10-17(9-12)27-20-18(21)19(22-11-23-20)25-16-6-4-15(5-7-16)24-14(3)26/h4-11H,21H2,1-3H3,(H,24,26)(H,22,23,25). The fraction of sp³-hybridized carbons (Fsp3) is 0.150. The van der Waals surface area contributed by atoms with E-state index in [0.717, 1.165) is 16.8 Å². The molecule has 1 amide bonds. The first-order valence-corrected chi connectivity index (χ1v) is 8.42. The van der Waals surface area contributed by atoms with Gasteiger partial charge in [0.2, 0.25) is 11.8 Å². The van der Waals surface area contributed by atoms with E-state index in [0.29, 0.717) is 22.9 Å². The lowest BCUT2D eigenvalue weighted by Crippen LogP contribution is -2.06. The average Bonchev–Trinajstić information content (AvgIpc) is 2.59. The van der Waals surface area contributed by atoms with Gasteiger partial charge in [-0.25, -0.2) is 4.98 Å². The molecule has 7 heteroatoms. The van der Waals surface area contributed by atoms with Crippen LogP contribution in [0.15, 0.2) is 48.8 Å². The van der Waals surface area contributed by atoms with Gasteiger partial charge in [0.1, 0.15) is 17.8 Å². The Bertz CT molecular complexity index is 950. The highest BCUT2D eigenvalue weighted by atomic mass is 16.5. The molecule has 0 aliphatic heterocycles. The summed E-state index contributed by atoms with van der Waals surface area (Å²) in [5.41, 5.74) is 10.2. The van der Waals surface area contributed by atoms with Crippen LogP contribution < -0.4 is 21.1 Å². The highest BCUT2D eigenvalue weighted by Gasteiger charge is 2.11. The van der Waals surface area contributed by atoms with Crippen LogP contribution in [-0.4, -0.2) is 15.9 Å². The van der Waals surface area contributed by atoms with Gasteiger partial charge in [-0.15, -0.1) is 0 Å². The number of ether oxygens (including phenoxy) is 1. The molecule has 0 spiro atoms. The number of amides is 1. The van der Waals surface area contributed by atoms with Crippen molar-refractivity contribution in [2.75, 3.05) is 16.4 Å². The zero-order valence-electron chi connectivity index (χ0n) is 15.4. The van der Waals surface area contributed by atoms with Gasteiger partial charge >= 0.3 is 0 Å². The monoisotopic (exact) mass is 363 g/mol. The fourth-order valence-corrected chi connectivity index (χ4v) is 2.64. The number of aryl methyl sites for hydroxylation is 2. The van der Waals surface area contributed by atoms with Crippen LogP contribution in [0.25, 0.3) is 0 Å². The van der Waals surface area contributed by atoms with Crippen molar-refractivity contribution in [2.24, 2.45) is 0 Å². The van der Waals surface area contributed by atoms with Gasteiger partial charge in [-0.3, -0.25) is 4.79 Å². The van der Waals surface area contributed by atoms with Crippen molar-refractivity contribution in [3.05, 3.63) is 59.9 Å². The Morgan fingerprint density at radius 2 is 1.63 bits per heavy atom. The predicted octanol–water partition coefficient (Wildman–Crippen LogP) is 4.17. The summed E-state index contributed by atoms with van der Waals surface area (Å²) >= 11 is 0. The van der Waals surface area contributed by atoms with E-state index in [1.165, 1.54) is 13.3 Å². The van der Waals surface area contributed by atoms with Crippen LogP contribution in [-0.2, 0) is 4.79 Å². The molecule has 3 rings (SSSR count). The molecule has 7 nitrogen and oxygen atoms in total. The number of aromatic nitrogens is 2. The Morgan fingerprint density at radius 1 is 1.00 bits per heavy atom. The summed E-state index contributed by atoms with van der Waals surface area (Å²) in [6.45, 7) is 5.46. The van der Waals surface area contributed by atoms with Crippen LogP contribution >= 0.6 is 0 Å². The van der Waals surface area contributed by atoms with E-state index in [2.05, 4.69) is 26.7 Å². The number of carbonyl (C=O) groups is 1. The van der Waals surface area contributed by atoms with Crippen LogP contribution in [0.4, 0.5) is 22.9 Å². The van der Waals surface area contributed by atoms with Gasteiger partial charge in [-0.1, -0.05) is 6.07 Å². The Balaban J connectivity index is 1.79. The van der Waals surface area contributed by atoms with Gasteiger partial charge in [0.15, 0.2) is 5.82 Å². The molecule has 138 valence electrons. The molecule has 0 fully saturated rings. The summed E-state index contributed by atoms with van der Waals surface area (Å²) < 4.78 is 5.85. The van der Waals surface area contributed by atoms with E-state index in [9.17, 15) is 4.79 Å². The lowest BCUT2D eigenvalue weighted by atomic mass is 10.1. The third-order valence-corrected chi connectivity index (χ3v) is 3.73. The zero-order chi connectivity index (χ0) is 19.4. The van der Waals surface area contributed by atoms with Crippen LogP contribution in [0.3, 0.4) is 0 Å². The first kappa shape index (κ1) is 18.2. The SMILES string of the molecule is CC(=O)Nc1ccc(Nc2ncnc(Oc3cc(C)cc(C)c3)c2N)cc1. The molecule has 0 radical (unpaired) electrons. The molecule has 0 unspecified atom stereocenters. The first-order valence-electron chi connectivity index (χ1n) is 8.42. The smallest absolute Gasteiger partial charge is 0.248 e. The summed E-state index contributed by atoms with van der Waals surface area (Å²) in [6.07, 6.45) is 1.39. The van der Waals surface area contributed by atoms with Gasteiger partial charge in [0, 0.05) is 18.3 Å². The largest absolute Gasteiger partial charge is 0.437 e. The highest BCUT2D eigenvalue weighted by molar-refractivity contribution is 5.89. The van der Waals surface area contributed by atoms with Gasteiger partial charge in [0.05, 0.1) is 0 Å². The molecule has 0 bridgehead atoms. The minimum absolute atomic E-state index is 0.121. The van der Waals surface area contributed by atoms with Gasteiger partial charge in [-0.05, 0) is 61.4 Å². The second kappa shape index (κ2) is 7.74. The molecule has 3 aromatic rings. The summed E-state index contributed by atoms with van der Waals surface area (Å²) in [5, 5.41) is 5.85. The van der Waals surface area contributed by atoms with Crippen LogP contribution in [0.1, 0.15) is 18.1 Å². The van der Waals surface area contributed by atoms with Crippen LogP contribution in [0, 0.1) is 13.8 Å². The topological polar surface area (TPSA) is 102 Å². The van der Waals surface area contributed by atoms with E-state index in [-0.39, 0.29) is 11.8 Å². The predicted molar refractivity (Wildman–Crippen MR) is 106 cm³/mol. The molecule has 2 aromatic carbocycles. The lowest BCUT2D eigenvalue weighted by Gasteiger charge is -2.13. The van der Waals surface area contributed by atoms with E-state index in [4.69, 9.17) is 10.5 Å². The molecule has 0 aliphatic carbocycles. The highest BCUT2D eigenvalue weighted by Crippen LogP contribution is 2.31. The molecule has 1 heterocycles. The summed E-state index contributed by atoms with van der Waals surface area (Å²) in [6, 6.07) is 13.1. The number of nitrogens with one attached hydrogen (secondary N) is 2. The second-order valence-corrected chi connectivity index (χ2v) is 6.25. The number of hydrogen-bond donors (Lipinski definition) is 3. The third kappa shape index (κ3) is 4.72. The fourth-order valence-electron chi connectivity index (χ4n) is 2.64. The normalized spacial score (nSPS) is 10.3. The van der Waals surface area contributed by atoms with Gasteiger partial charge in [-0.2, -0.15) is 4.98 Å². The summed E-state index contributed by atoms with van der Waals surface area (Å²) in [7, 11) is 0. The van der Waals surface area contributed by atoms with Crippen molar-refractivity contribution in [3.8, 4) is 11.6 Å². The molecule has 0 saturated carbocycles. The number of anilines is 4. The second-order valence-electron chi connectivity index (χ2n) is 6.25. The molecule has 4 N–H and O–H groups in total.